The summed E-state index contributed by atoms with van der Waals surface area (Å²) in [6.07, 6.45) is 0. The third-order valence-corrected chi connectivity index (χ3v) is 5.39. The fourth-order valence-electron chi connectivity index (χ4n) is 3.59. The van der Waals surface area contributed by atoms with Gasteiger partial charge in [0.15, 0.2) is 0 Å². The quantitative estimate of drug-likeness (QED) is 0.677. The van der Waals surface area contributed by atoms with Crippen molar-refractivity contribution >= 4 is 16.9 Å². The van der Waals surface area contributed by atoms with Gasteiger partial charge < -0.3 is 14.6 Å². The van der Waals surface area contributed by atoms with E-state index in [0.717, 1.165) is 38.1 Å². The fraction of sp³-hybridized carbons (Fsp3) is 0.304. The van der Waals surface area contributed by atoms with Crippen LogP contribution in [0.1, 0.15) is 10.4 Å². The number of carbonyl (C=O) groups is 1. The van der Waals surface area contributed by atoms with Crippen LogP contribution in [-0.2, 0) is 0 Å². The number of hydrogen-bond acceptors (Lipinski definition) is 5. The van der Waals surface area contributed by atoms with Crippen molar-refractivity contribution in [3.8, 4) is 11.1 Å². The van der Waals surface area contributed by atoms with Crippen molar-refractivity contribution in [1.29, 1.82) is 0 Å². The van der Waals surface area contributed by atoms with Gasteiger partial charge in [0.25, 0.3) is 5.91 Å². The number of carbonyl (C=O) groups excluding carboxylic acids is 1. The number of nitrogens with zero attached hydrogens (tertiary/aromatic N) is 2. The van der Waals surface area contributed by atoms with Crippen molar-refractivity contribution in [3.63, 3.8) is 0 Å². The summed E-state index contributed by atoms with van der Waals surface area (Å²) in [5.74, 6) is -0.133. The van der Waals surface area contributed by atoms with Crippen LogP contribution in [0.2, 0.25) is 0 Å². The molecule has 1 N–H and O–H groups in total. The van der Waals surface area contributed by atoms with Crippen LogP contribution in [-0.4, -0.2) is 62.0 Å². The van der Waals surface area contributed by atoms with Gasteiger partial charge in [0, 0.05) is 50.2 Å². The zero-order valence-electron chi connectivity index (χ0n) is 16.6. The van der Waals surface area contributed by atoms with Crippen LogP contribution in [0.25, 0.3) is 22.1 Å². The van der Waals surface area contributed by atoms with E-state index in [0.29, 0.717) is 28.8 Å². The van der Waals surface area contributed by atoms with Gasteiger partial charge >= 0.3 is 5.63 Å². The van der Waals surface area contributed by atoms with E-state index in [-0.39, 0.29) is 5.91 Å². The van der Waals surface area contributed by atoms with E-state index < -0.39 is 5.63 Å². The molecule has 3 aromatic rings. The van der Waals surface area contributed by atoms with Gasteiger partial charge in [-0.05, 0) is 36.9 Å². The van der Waals surface area contributed by atoms with Gasteiger partial charge in [-0.1, -0.05) is 30.3 Å². The Hall–Kier alpha value is -2.96. The van der Waals surface area contributed by atoms with Crippen LogP contribution < -0.4 is 10.9 Å². The summed E-state index contributed by atoms with van der Waals surface area (Å²) >= 11 is 0. The Kier molecular flexibility index (Phi) is 5.74. The standard InChI is InChI=1S/C23H25N3O3/c1-25-11-13-26(14-12-25)10-9-24-22(27)19-7-4-6-17(15-19)20-16-18-5-2-3-8-21(18)29-23(20)28/h2-8,15-16H,9-14H2,1H3,(H,24,27). The maximum Gasteiger partial charge on any atom is 0.344 e. The van der Waals surface area contributed by atoms with Crippen molar-refractivity contribution in [1.82, 2.24) is 15.1 Å². The maximum atomic E-state index is 12.6. The maximum absolute atomic E-state index is 12.6. The number of para-hydroxylation sites is 1. The summed E-state index contributed by atoms with van der Waals surface area (Å²) in [5, 5.41) is 3.84. The molecule has 1 aliphatic heterocycles. The Labute approximate surface area is 169 Å². The summed E-state index contributed by atoms with van der Waals surface area (Å²) in [4.78, 5) is 29.7. The molecule has 2 aromatic carbocycles. The SMILES string of the molecule is CN1CCN(CCNC(=O)c2cccc(-c3cc4ccccc4oc3=O)c2)CC1. The van der Waals surface area contributed by atoms with E-state index >= 15 is 0 Å². The lowest BCUT2D eigenvalue weighted by molar-refractivity contribution is 0.0941. The minimum atomic E-state index is -0.406. The first-order chi connectivity index (χ1) is 14.1. The molecule has 6 nitrogen and oxygen atoms in total. The lowest BCUT2D eigenvalue weighted by Crippen LogP contribution is -2.46. The van der Waals surface area contributed by atoms with E-state index in [4.69, 9.17) is 4.42 Å². The van der Waals surface area contributed by atoms with E-state index in [2.05, 4.69) is 22.2 Å². The molecule has 6 heteroatoms. The zero-order valence-corrected chi connectivity index (χ0v) is 16.6. The van der Waals surface area contributed by atoms with Gasteiger partial charge in [0.1, 0.15) is 5.58 Å². The molecule has 1 aliphatic rings. The Morgan fingerprint density at radius 2 is 1.83 bits per heavy atom. The van der Waals surface area contributed by atoms with E-state index in [9.17, 15) is 9.59 Å². The summed E-state index contributed by atoms with van der Waals surface area (Å²) in [6.45, 7) is 5.62. The largest absolute Gasteiger partial charge is 0.422 e. The number of piperazine rings is 1. The number of amides is 1. The molecule has 0 bridgehead atoms. The van der Waals surface area contributed by atoms with E-state index in [1.165, 1.54) is 0 Å². The molecule has 150 valence electrons. The number of hydrogen-bond donors (Lipinski definition) is 1. The van der Waals surface area contributed by atoms with Crippen LogP contribution in [0.3, 0.4) is 0 Å². The van der Waals surface area contributed by atoms with E-state index in [1.807, 2.05) is 30.3 Å². The molecule has 29 heavy (non-hydrogen) atoms. The lowest BCUT2D eigenvalue weighted by atomic mass is 10.0. The van der Waals surface area contributed by atoms with Gasteiger partial charge in [-0.15, -0.1) is 0 Å². The van der Waals surface area contributed by atoms with Crippen LogP contribution in [0, 0.1) is 0 Å². The molecule has 0 unspecified atom stereocenters. The molecule has 2 heterocycles. The van der Waals surface area contributed by atoms with Crippen LogP contribution in [0.5, 0.6) is 0 Å². The molecule has 1 aromatic heterocycles. The summed E-state index contributed by atoms with van der Waals surface area (Å²) in [7, 11) is 2.13. The zero-order chi connectivity index (χ0) is 20.2. The van der Waals surface area contributed by atoms with Gasteiger partial charge in [-0.2, -0.15) is 0 Å². The smallest absolute Gasteiger partial charge is 0.344 e. The summed E-state index contributed by atoms with van der Waals surface area (Å²) < 4.78 is 5.42. The first kappa shape index (κ1) is 19.4. The molecular formula is C23H25N3O3. The second kappa shape index (κ2) is 8.59. The molecule has 1 fully saturated rings. The monoisotopic (exact) mass is 391 g/mol. The van der Waals surface area contributed by atoms with Gasteiger partial charge in [0.2, 0.25) is 0 Å². The van der Waals surface area contributed by atoms with Crippen molar-refractivity contribution in [2.75, 3.05) is 46.3 Å². The predicted octanol–water partition coefficient (Wildman–Crippen LogP) is 2.44. The van der Waals surface area contributed by atoms with Gasteiger partial charge in [0.05, 0.1) is 5.56 Å². The topological polar surface area (TPSA) is 65.8 Å². The average molecular weight is 391 g/mol. The van der Waals surface area contributed by atoms with E-state index in [1.54, 1.807) is 24.3 Å². The summed E-state index contributed by atoms with van der Waals surface area (Å²) in [5.41, 5.74) is 1.82. The number of rotatable bonds is 5. The first-order valence-electron chi connectivity index (χ1n) is 9.92. The van der Waals surface area contributed by atoms with Gasteiger partial charge in [-0.3, -0.25) is 9.69 Å². The normalized spacial score (nSPS) is 15.5. The third kappa shape index (κ3) is 4.55. The van der Waals surface area contributed by atoms with Crippen molar-refractivity contribution in [2.45, 2.75) is 0 Å². The van der Waals surface area contributed by atoms with Crippen molar-refractivity contribution in [2.24, 2.45) is 0 Å². The van der Waals surface area contributed by atoms with Crippen LogP contribution in [0.15, 0.2) is 63.8 Å². The minimum Gasteiger partial charge on any atom is -0.422 e. The number of benzene rings is 2. The first-order valence-corrected chi connectivity index (χ1v) is 9.92. The number of fused-ring (bicyclic) bond motifs is 1. The molecule has 1 amide bonds. The number of nitrogens with one attached hydrogen (secondary N) is 1. The highest BCUT2D eigenvalue weighted by Gasteiger charge is 2.14. The highest BCUT2D eigenvalue weighted by molar-refractivity contribution is 5.95. The van der Waals surface area contributed by atoms with Crippen LogP contribution >= 0.6 is 0 Å². The molecule has 0 atom stereocenters. The number of likely N-dealkylation sites (N-methyl/N-ethyl adjacent to an activating group) is 1. The fourth-order valence-corrected chi connectivity index (χ4v) is 3.59. The lowest BCUT2D eigenvalue weighted by Gasteiger charge is -2.32. The molecule has 0 spiro atoms. The molecule has 0 radical (unpaired) electrons. The molecule has 0 aliphatic carbocycles. The third-order valence-electron chi connectivity index (χ3n) is 5.39. The summed E-state index contributed by atoms with van der Waals surface area (Å²) in [6, 6.07) is 16.3. The highest BCUT2D eigenvalue weighted by atomic mass is 16.4. The van der Waals surface area contributed by atoms with Gasteiger partial charge in [-0.25, -0.2) is 4.79 Å². The minimum absolute atomic E-state index is 0.133. The molecular weight excluding hydrogens is 366 g/mol. The van der Waals surface area contributed by atoms with Crippen molar-refractivity contribution < 1.29 is 9.21 Å². The van der Waals surface area contributed by atoms with Crippen molar-refractivity contribution in [3.05, 3.63) is 70.6 Å². The Morgan fingerprint density at radius 3 is 2.66 bits per heavy atom. The Bertz CT molecular complexity index is 1070. The predicted molar refractivity (Wildman–Crippen MR) is 114 cm³/mol. The molecule has 0 saturated carbocycles. The highest BCUT2D eigenvalue weighted by Crippen LogP contribution is 2.21. The molecule has 4 rings (SSSR count). The molecule has 1 saturated heterocycles. The average Bonchev–Trinajstić information content (AvgIpc) is 2.74. The second-order valence-corrected chi connectivity index (χ2v) is 7.47. The second-order valence-electron chi connectivity index (χ2n) is 7.47. The Balaban J connectivity index is 1.45. The van der Waals surface area contributed by atoms with Crippen LogP contribution in [0.4, 0.5) is 0 Å². The Morgan fingerprint density at radius 1 is 1.03 bits per heavy atom.